The minimum absolute atomic E-state index is 0.246. The van der Waals surface area contributed by atoms with Crippen LogP contribution in [0.3, 0.4) is 0 Å². The van der Waals surface area contributed by atoms with Gasteiger partial charge in [0.15, 0.2) is 0 Å². The van der Waals surface area contributed by atoms with Gasteiger partial charge in [0.2, 0.25) is 5.69 Å². The topological polar surface area (TPSA) is 53.1 Å². The van der Waals surface area contributed by atoms with Gasteiger partial charge in [-0.05, 0) is 76.3 Å². The maximum atomic E-state index is 10.3. The molecule has 0 aromatic heterocycles. The molecule has 274 valence electrons. The molecule has 7 heteroatoms. The van der Waals surface area contributed by atoms with Gasteiger partial charge in [-0.3, -0.25) is 0 Å². The van der Waals surface area contributed by atoms with Crippen molar-refractivity contribution in [1.29, 1.82) is 5.26 Å². The molecule has 2 aliphatic heterocycles. The lowest BCUT2D eigenvalue weighted by atomic mass is 9.33. The molecule has 0 fully saturated rings. The molecule has 0 bridgehead atoms. The monoisotopic (exact) mass is 754 g/mol. The van der Waals surface area contributed by atoms with E-state index in [1.807, 2.05) is 103 Å². The molecule has 0 unspecified atom stereocenters. The number of hydrogen-bond acceptors (Lipinski definition) is 5. The average Bonchev–Trinajstić information content (AvgIpc) is 3.30. The van der Waals surface area contributed by atoms with Crippen LogP contribution in [0.1, 0.15) is 5.56 Å². The highest BCUT2D eigenvalue weighted by Gasteiger charge is 2.43. The SMILES string of the molecule is [C-]#[N+]c1ccccc1N(c1ccccc1)c1cc2c(c3ccccc13)B1c3c(cccc3O2)Oc2cc(N(c3ccccc3)c3ccccc3C#N)c3ccccc3c21. The molecule has 0 radical (unpaired) electrons. The van der Waals surface area contributed by atoms with E-state index in [1.165, 1.54) is 0 Å². The van der Waals surface area contributed by atoms with Crippen LogP contribution in [0.4, 0.5) is 39.8 Å². The van der Waals surface area contributed by atoms with Crippen LogP contribution in [0, 0.1) is 17.9 Å². The molecule has 0 spiro atoms. The summed E-state index contributed by atoms with van der Waals surface area (Å²) in [5, 5.41) is 14.5. The van der Waals surface area contributed by atoms with Gasteiger partial charge in [-0.15, -0.1) is 0 Å². The van der Waals surface area contributed by atoms with Crippen LogP contribution in [0.25, 0.3) is 26.4 Å². The summed E-state index contributed by atoms with van der Waals surface area (Å²) in [6, 6.07) is 65.6. The van der Waals surface area contributed by atoms with Gasteiger partial charge in [0.25, 0.3) is 6.71 Å². The van der Waals surface area contributed by atoms with E-state index in [4.69, 9.17) is 16.0 Å². The van der Waals surface area contributed by atoms with E-state index < -0.39 is 0 Å². The van der Waals surface area contributed by atoms with Crippen LogP contribution in [0.5, 0.6) is 23.0 Å². The first-order valence-corrected chi connectivity index (χ1v) is 19.5. The van der Waals surface area contributed by atoms with Gasteiger partial charge in [-0.1, -0.05) is 121 Å². The first-order chi connectivity index (χ1) is 29.2. The molecule has 9 aromatic rings. The second-order valence-electron chi connectivity index (χ2n) is 14.6. The molecule has 6 nitrogen and oxygen atoms in total. The van der Waals surface area contributed by atoms with E-state index >= 15 is 0 Å². The molecule has 0 saturated carbocycles. The van der Waals surface area contributed by atoms with Crippen molar-refractivity contribution in [3.63, 3.8) is 0 Å². The highest BCUT2D eigenvalue weighted by Crippen LogP contribution is 2.48. The third-order valence-corrected chi connectivity index (χ3v) is 11.4. The maximum absolute atomic E-state index is 10.3. The smallest absolute Gasteiger partial charge is 0.262 e. The standard InChI is InChI=1S/C52H31BN4O2/c1-55-41-26-13-15-28-43(41)57(36-20-6-3-7-21-36)45-32-49-51(40-25-12-10-23-38(40)45)53-50-39-24-11-9-22-37(39)44(31-48(50)58-46-29-16-30-47(59-49)52(46)53)56(35-18-4-2-5-19-35)42-27-14-8-17-34(42)33-54/h2-32H. The summed E-state index contributed by atoms with van der Waals surface area (Å²) < 4.78 is 13.9. The number of para-hydroxylation sites is 5. The molecule has 0 amide bonds. The van der Waals surface area contributed by atoms with Crippen LogP contribution in [-0.4, -0.2) is 6.71 Å². The summed E-state index contributed by atoms with van der Waals surface area (Å²) in [5.41, 5.74) is 9.43. The average molecular weight is 755 g/mol. The minimum atomic E-state index is -0.246. The molecule has 11 rings (SSSR count). The first kappa shape index (κ1) is 34.0. The fourth-order valence-electron chi connectivity index (χ4n) is 8.98. The van der Waals surface area contributed by atoms with Gasteiger partial charge < -0.3 is 19.3 Å². The predicted octanol–water partition coefficient (Wildman–Crippen LogP) is 12.1. The van der Waals surface area contributed by atoms with Gasteiger partial charge >= 0.3 is 0 Å². The van der Waals surface area contributed by atoms with Crippen molar-refractivity contribution in [3.8, 4) is 29.1 Å². The molecule has 0 atom stereocenters. The Morgan fingerprint density at radius 2 is 0.898 bits per heavy atom. The highest BCUT2D eigenvalue weighted by molar-refractivity contribution is 7.01. The molecule has 0 aliphatic carbocycles. The lowest BCUT2D eigenvalue weighted by Gasteiger charge is -2.37. The number of ether oxygens (including phenoxy) is 2. The number of nitrogens with zero attached hydrogens (tertiary/aromatic N) is 4. The predicted molar refractivity (Wildman–Crippen MR) is 239 cm³/mol. The van der Waals surface area contributed by atoms with Gasteiger partial charge in [0, 0.05) is 39.7 Å². The maximum Gasteiger partial charge on any atom is 0.262 e. The normalized spacial score (nSPS) is 11.9. The second-order valence-corrected chi connectivity index (χ2v) is 14.6. The van der Waals surface area contributed by atoms with Crippen LogP contribution < -0.4 is 35.7 Å². The van der Waals surface area contributed by atoms with E-state index in [0.717, 1.165) is 95.1 Å². The number of anilines is 6. The van der Waals surface area contributed by atoms with Crippen molar-refractivity contribution in [2.75, 3.05) is 9.80 Å². The second kappa shape index (κ2) is 13.7. The van der Waals surface area contributed by atoms with Crippen molar-refractivity contribution in [1.82, 2.24) is 0 Å². The third-order valence-electron chi connectivity index (χ3n) is 11.4. The number of rotatable bonds is 6. The number of nitriles is 1. The van der Waals surface area contributed by atoms with Gasteiger partial charge in [0.1, 0.15) is 29.1 Å². The van der Waals surface area contributed by atoms with Crippen LogP contribution >= 0.6 is 0 Å². The van der Waals surface area contributed by atoms with Crippen molar-refractivity contribution < 1.29 is 9.47 Å². The Morgan fingerprint density at radius 3 is 1.44 bits per heavy atom. The fourth-order valence-corrected chi connectivity index (χ4v) is 8.98. The quantitative estimate of drug-likeness (QED) is 0.125. The summed E-state index contributed by atoms with van der Waals surface area (Å²) in [5.74, 6) is 2.95. The van der Waals surface area contributed by atoms with Crippen LogP contribution in [-0.2, 0) is 0 Å². The summed E-state index contributed by atoms with van der Waals surface area (Å²) in [7, 11) is 0. The zero-order valence-electron chi connectivity index (χ0n) is 31.6. The van der Waals surface area contributed by atoms with E-state index in [-0.39, 0.29) is 6.71 Å². The van der Waals surface area contributed by atoms with Crippen LogP contribution in [0.15, 0.2) is 188 Å². The van der Waals surface area contributed by atoms with Gasteiger partial charge in [0.05, 0.1) is 34.9 Å². The summed E-state index contributed by atoms with van der Waals surface area (Å²) in [4.78, 5) is 8.28. The Hall–Kier alpha value is -8.26. The number of hydrogen-bond donors (Lipinski definition) is 0. The number of benzene rings is 9. The molecule has 2 aliphatic rings. The Bertz CT molecular complexity index is 3020. The summed E-state index contributed by atoms with van der Waals surface area (Å²) >= 11 is 0. The van der Waals surface area contributed by atoms with Crippen LogP contribution in [0.2, 0.25) is 0 Å². The molecule has 2 heterocycles. The zero-order valence-corrected chi connectivity index (χ0v) is 31.6. The Balaban J connectivity index is 1.20. The van der Waals surface area contributed by atoms with Gasteiger partial charge in [-0.2, -0.15) is 5.26 Å². The van der Waals surface area contributed by atoms with Crippen molar-refractivity contribution in [3.05, 3.63) is 205 Å². The lowest BCUT2D eigenvalue weighted by Crippen LogP contribution is -2.58. The minimum Gasteiger partial charge on any atom is -0.458 e. The lowest BCUT2D eigenvalue weighted by molar-refractivity contribution is 0.465. The Morgan fingerprint density at radius 1 is 0.441 bits per heavy atom. The summed E-state index contributed by atoms with van der Waals surface area (Å²) in [6.45, 7) is 7.87. The van der Waals surface area contributed by atoms with E-state index in [2.05, 4.69) is 106 Å². The third kappa shape index (κ3) is 5.34. The molecule has 0 saturated heterocycles. The largest absolute Gasteiger partial charge is 0.458 e. The van der Waals surface area contributed by atoms with Gasteiger partial charge in [-0.25, -0.2) is 4.85 Å². The van der Waals surface area contributed by atoms with Crippen molar-refractivity contribution >= 4 is 84.5 Å². The van der Waals surface area contributed by atoms with E-state index in [9.17, 15) is 5.26 Å². The Labute approximate surface area is 341 Å². The van der Waals surface area contributed by atoms with Crippen molar-refractivity contribution in [2.24, 2.45) is 0 Å². The van der Waals surface area contributed by atoms with E-state index in [1.54, 1.807) is 0 Å². The molecule has 59 heavy (non-hydrogen) atoms. The fraction of sp³-hybridized carbons (Fsp3) is 0. The highest BCUT2D eigenvalue weighted by atomic mass is 16.5. The molecule has 0 N–H and O–H groups in total. The molecule has 9 aromatic carbocycles. The summed E-state index contributed by atoms with van der Waals surface area (Å²) in [6.07, 6.45) is 0. The van der Waals surface area contributed by atoms with E-state index in [0.29, 0.717) is 11.3 Å². The zero-order chi connectivity index (χ0) is 39.5. The van der Waals surface area contributed by atoms with Crippen molar-refractivity contribution in [2.45, 2.75) is 0 Å². The number of fused-ring (bicyclic) bond motifs is 8. The molecular weight excluding hydrogens is 723 g/mol. The first-order valence-electron chi connectivity index (χ1n) is 19.5. The molecular formula is C52H31BN4O2. The Kier molecular flexibility index (Phi) is 7.93.